The molecular formula is C28H29N3O4. The van der Waals surface area contributed by atoms with Crippen molar-refractivity contribution in [1.82, 2.24) is 0 Å². The van der Waals surface area contributed by atoms with E-state index in [4.69, 9.17) is 9.47 Å². The van der Waals surface area contributed by atoms with Crippen LogP contribution in [0, 0.1) is 0 Å². The SMILES string of the molecule is COC(=O)c1cc(N2CCOCC2)ccc1NC(=O)c1ccc(N2CCc3ccccc3C2)cc1. The molecule has 0 aliphatic carbocycles. The molecule has 180 valence electrons. The fourth-order valence-corrected chi connectivity index (χ4v) is 4.67. The van der Waals surface area contributed by atoms with E-state index in [0.717, 1.165) is 44.0 Å². The number of hydrogen-bond acceptors (Lipinski definition) is 6. The van der Waals surface area contributed by atoms with Gasteiger partial charge in [0.05, 0.1) is 31.6 Å². The van der Waals surface area contributed by atoms with Crippen LogP contribution in [-0.2, 0) is 22.4 Å². The lowest BCUT2D eigenvalue weighted by atomic mass is 9.99. The number of fused-ring (bicyclic) bond motifs is 1. The molecule has 7 nitrogen and oxygen atoms in total. The van der Waals surface area contributed by atoms with Crippen LogP contribution in [0.25, 0.3) is 0 Å². The number of ether oxygens (including phenoxy) is 2. The third-order valence-corrected chi connectivity index (χ3v) is 6.66. The fraction of sp³-hybridized carbons (Fsp3) is 0.286. The summed E-state index contributed by atoms with van der Waals surface area (Å²) in [6, 6.07) is 21.6. The van der Waals surface area contributed by atoms with Crippen LogP contribution >= 0.6 is 0 Å². The maximum Gasteiger partial charge on any atom is 0.340 e. The lowest BCUT2D eigenvalue weighted by Gasteiger charge is -2.30. The van der Waals surface area contributed by atoms with Crippen molar-refractivity contribution in [3.63, 3.8) is 0 Å². The highest BCUT2D eigenvalue weighted by Gasteiger charge is 2.20. The fourth-order valence-electron chi connectivity index (χ4n) is 4.67. The van der Waals surface area contributed by atoms with Gasteiger partial charge in [-0.15, -0.1) is 0 Å². The molecule has 0 unspecified atom stereocenters. The summed E-state index contributed by atoms with van der Waals surface area (Å²) in [6.07, 6.45) is 1.01. The maximum atomic E-state index is 13.0. The van der Waals surface area contributed by atoms with Gasteiger partial charge < -0.3 is 24.6 Å². The van der Waals surface area contributed by atoms with E-state index in [0.29, 0.717) is 30.0 Å². The van der Waals surface area contributed by atoms with Crippen LogP contribution in [-0.4, -0.2) is 51.8 Å². The Morgan fingerprint density at radius 3 is 2.31 bits per heavy atom. The molecule has 5 rings (SSSR count). The highest BCUT2D eigenvalue weighted by molar-refractivity contribution is 6.08. The lowest BCUT2D eigenvalue weighted by molar-refractivity contribution is 0.0602. The quantitative estimate of drug-likeness (QED) is 0.565. The predicted molar refractivity (Wildman–Crippen MR) is 136 cm³/mol. The Morgan fingerprint density at radius 2 is 1.57 bits per heavy atom. The normalized spacial score (nSPS) is 15.3. The van der Waals surface area contributed by atoms with Gasteiger partial charge in [-0.25, -0.2) is 4.79 Å². The van der Waals surface area contributed by atoms with E-state index in [1.165, 1.54) is 18.2 Å². The van der Waals surface area contributed by atoms with Gasteiger partial charge in [0.25, 0.3) is 5.91 Å². The summed E-state index contributed by atoms with van der Waals surface area (Å²) in [5.41, 5.74) is 6.01. The third kappa shape index (κ3) is 5.00. The van der Waals surface area contributed by atoms with Crippen molar-refractivity contribution in [3.05, 3.63) is 89.0 Å². The smallest absolute Gasteiger partial charge is 0.340 e. The van der Waals surface area contributed by atoms with Gasteiger partial charge in [0.2, 0.25) is 0 Å². The Labute approximate surface area is 205 Å². The number of benzene rings is 3. The molecule has 35 heavy (non-hydrogen) atoms. The number of amides is 1. The molecule has 3 aromatic rings. The van der Waals surface area contributed by atoms with E-state index in [-0.39, 0.29) is 5.91 Å². The van der Waals surface area contributed by atoms with Gasteiger partial charge in [-0.1, -0.05) is 24.3 Å². The number of nitrogens with zero attached hydrogens (tertiary/aromatic N) is 2. The van der Waals surface area contributed by atoms with Crippen molar-refractivity contribution >= 4 is 28.9 Å². The molecule has 3 aromatic carbocycles. The maximum absolute atomic E-state index is 13.0. The van der Waals surface area contributed by atoms with Crippen LogP contribution in [0.4, 0.5) is 17.1 Å². The molecule has 7 heteroatoms. The first-order valence-corrected chi connectivity index (χ1v) is 11.9. The highest BCUT2D eigenvalue weighted by Crippen LogP contribution is 2.27. The summed E-state index contributed by atoms with van der Waals surface area (Å²) < 4.78 is 10.4. The van der Waals surface area contributed by atoms with Crippen molar-refractivity contribution in [2.75, 3.05) is 55.1 Å². The Balaban J connectivity index is 1.30. The average molecular weight is 472 g/mol. The minimum Gasteiger partial charge on any atom is -0.465 e. The molecule has 0 spiro atoms. The molecule has 1 amide bonds. The molecule has 0 radical (unpaired) electrons. The number of methoxy groups -OCH3 is 1. The molecule has 0 aromatic heterocycles. The second-order valence-corrected chi connectivity index (χ2v) is 8.76. The van der Waals surface area contributed by atoms with Gasteiger partial charge in [-0.2, -0.15) is 0 Å². The van der Waals surface area contributed by atoms with Gasteiger partial charge in [0, 0.05) is 43.1 Å². The minimum atomic E-state index is -0.490. The van der Waals surface area contributed by atoms with E-state index in [9.17, 15) is 9.59 Å². The summed E-state index contributed by atoms with van der Waals surface area (Å²) in [7, 11) is 1.34. The Kier molecular flexibility index (Phi) is 6.68. The number of anilines is 3. The monoisotopic (exact) mass is 471 g/mol. The molecule has 1 saturated heterocycles. The number of nitrogens with one attached hydrogen (secondary N) is 1. The van der Waals surface area contributed by atoms with Crippen molar-refractivity contribution in [2.45, 2.75) is 13.0 Å². The van der Waals surface area contributed by atoms with Gasteiger partial charge in [-0.05, 0) is 60.0 Å². The Hall–Kier alpha value is -3.84. The molecule has 2 aliphatic rings. The van der Waals surface area contributed by atoms with Crippen molar-refractivity contribution < 1.29 is 19.1 Å². The average Bonchev–Trinajstić information content (AvgIpc) is 2.93. The van der Waals surface area contributed by atoms with Gasteiger partial charge >= 0.3 is 5.97 Å². The van der Waals surface area contributed by atoms with Crippen LogP contribution in [0.2, 0.25) is 0 Å². The predicted octanol–water partition coefficient (Wildman–Crippen LogP) is 4.12. The van der Waals surface area contributed by atoms with E-state index >= 15 is 0 Å². The molecule has 0 bridgehead atoms. The number of carbonyl (C=O) groups excluding carboxylic acids is 2. The van der Waals surface area contributed by atoms with Crippen LogP contribution in [0.5, 0.6) is 0 Å². The molecule has 1 fully saturated rings. The summed E-state index contributed by atoms with van der Waals surface area (Å²) in [6.45, 7) is 4.60. The summed E-state index contributed by atoms with van der Waals surface area (Å²) >= 11 is 0. The first-order valence-electron chi connectivity index (χ1n) is 11.9. The minimum absolute atomic E-state index is 0.273. The van der Waals surface area contributed by atoms with Crippen molar-refractivity contribution in [1.29, 1.82) is 0 Å². The van der Waals surface area contributed by atoms with Crippen LogP contribution < -0.4 is 15.1 Å². The zero-order valence-electron chi connectivity index (χ0n) is 19.8. The topological polar surface area (TPSA) is 71.1 Å². The molecule has 2 heterocycles. The van der Waals surface area contributed by atoms with Crippen molar-refractivity contribution in [3.8, 4) is 0 Å². The molecule has 0 atom stereocenters. The van der Waals surface area contributed by atoms with Gasteiger partial charge in [-0.3, -0.25) is 4.79 Å². The largest absolute Gasteiger partial charge is 0.465 e. The molecular weight excluding hydrogens is 442 g/mol. The van der Waals surface area contributed by atoms with Crippen LogP contribution in [0.3, 0.4) is 0 Å². The van der Waals surface area contributed by atoms with Gasteiger partial charge in [0.1, 0.15) is 0 Å². The van der Waals surface area contributed by atoms with Crippen molar-refractivity contribution in [2.24, 2.45) is 0 Å². The number of carbonyl (C=O) groups is 2. The van der Waals surface area contributed by atoms with E-state index in [2.05, 4.69) is 39.4 Å². The molecule has 0 saturated carbocycles. The Morgan fingerprint density at radius 1 is 0.857 bits per heavy atom. The summed E-state index contributed by atoms with van der Waals surface area (Å²) in [4.78, 5) is 30.0. The number of hydrogen-bond donors (Lipinski definition) is 1. The standard InChI is InChI=1S/C28H29N3O4/c1-34-28(33)25-18-24(30-14-16-35-17-15-30)10-11-26(25)29-27(32)21-6-8-23(9-7-21)31-13-12-20-4-2-3-5-22(20)19-31/h2-11,18H,12-17,19H2,1H3,(H,29,32). The number of esters is 1. The van der Waals surface area contributed by atoms with Crippen LogP contribution in [0.1, 0.15) is 31.8 Å². The second-order valence-electron chi connectivity index (χ2n) is 8.76. The van der Waals surface area contributed by atoms with E-state index in [1.54, 1.807) is 12.1 Å². The summed E-state index contributed by atoms with van der Waals surface area (Å²) in [5.74, 6) is -0.763. The second kappa shape index (κ2) is 10.2. The molecule has 2 aliphatic heterocycles. The Bertz CT molecular complexity index is 1220. The van der Waals surface area contributed by atoms with E-state index < -0.39 is 5.97 Å². The number of rotatable bonds is 5. The zero-order chi connectivity index (χ0) is 24.2. The molecule has 1 N–H and O–H groups in total. The summed E-state index contributed by atoms with van der Waals surface area (Å²) in [5, 5.41) is 2.89. The lowest BCUT2D eigenvalue weighted by Crippen LogP contribution is -2.36. The first-order chi connectivity index (χ1) is 17.1. The highest BCUT2D eigenvalue weighted by atomic mass is 16.5. The third-order valence-electron chi connectivity index (χ3n) is 6.66. The zero-order valence-corrected chi connectivity index (χ0v) is 19.8. The van der Waals surface area contributed by atoms with Gasteiger partial charge in [0.15, 0.2) is 0 Å². The first kappa shape index (κ1) is 22.9. The van der Waals surface area contributed by atoms with Crippen LogP contribution in [0.15, 0.2) is 66.7 Å². The number of morpholine rings is 1. The van der Waals surface area contributed by atoms with E-state index in [1.807, 2.05) is 30.3 Å².